The average molecular weight is 762 g/mol. The van der Waals surface area contributed by atoms with Crippen LogP contribution in [0.3, 0.4) is 0 Å². The van der Waals surface area contributed by atoms with Gasteiger partial charge >= 0.3 is 0 Å². The van der Waals surface area contributed by atoms with Crippen molar-refractivity contribution in [2.24, 2.45) is 0 Å². The summed E-state index contributed by atoms with van der Waals surface area (Å²) < 4.78 is 0. The van der Waals surface area contributed by atoms with Crippen LogP contribution in [0.2, 0.25) is 0 Å². The third-order valence-electron chi connectivity index (χ3n) is 11.7. The number of hydrogen-bond acceptors (Lipinski definition) is 3. The van der Waals surface area contributed by atoms with Crippen LogP contribution in [0.15, 0.2) is 212 Å². The summed E-state index contributed by atoms with van der Waals surface area (Å²) >= 11 is 0. The van der Waals surface area contributed by atoms with Crippen molar-refractivity contribution in [3.8, 4) is 73.4 Å². The largest absolute Gasteiger partial charge is 0.228 e. The van der Waals surface area contributed by atoms with E-state index in [9.17, 15) is 5.26 Å². The third kappa shape index (κ3) is 6.16. The Hall–Kier alpha value is -8.19. The summed E-state index contributed by atoms with van der Waals surface area (Å²) in [5.74, 6) is 0.680. The van der Waals surface area contributed by atoms with Crippen LogP contribution in [-0.4, -0.2) is 9.97 Å². The minimum absolute atomic E-state index is 0.649. The van der Waals surface area contributed by atoms with Gasteiger partial charge in [0, 0.05) is 16.7 Å². The van der Waals surface area contributed by atoms with Crippen LogP contribution >= 0.6 is 0 Å². The minimum atomic E-state index is 0.649. The molecule has 0 spiro atoms. The highest BCUT2D eigenvalue weighted by Gasteiger charge is 2.17. The van der Waals surface area contributed by atoms with E-state index < -0.39 is 0 Å². The summed E-state index contributed by atoms with van der Waals surface area (Å²) in [4.78, 5) is 10.2. The molecule has 0 amide bonds. The Labute approximate surface area is 348 Å². The number of aromatic nitrogens is 2. The van der Waals surface area contributed by atoms with Gasteiger partial charge in [0.2, 0.25) is 0 Å². The van der Waals surface area contributed by atoms with Crippen LogP contribution in [0.25, 0.3) is 110 Å². The highest BCUT2D eigenvalue weighted by molar-refractivity contribution is 6.23. The van der Waals surface area contributed by atoms with Crippen LogP contribution in [0.4, 0.5) is 0 Å². The predicted octanol–water partition coefficient (Wildman–Crippen LogP) is 15.0. The molecule has 3 nitrogen and oxygen atoms in total. The van der Waals surface area contributed by atoms with E-state index in [0.29, 0.717) is 11.4 Å². The zero-order valence-corrected chi connectivity index (χ0v) is 32.5. The first-order valence-electron chi connectivity index (χ1n) is 20.2. The van der Waals surface area contributed by atoms with Crippen LogP contribution in [-0.2, 0) is 0 Å². The molecule has 0 N–H and O–H groups in total. The van der Waals surface area contributed by atoms with Crippen molar-refractivity contribution < 1.29 is 0 Å². The fraction of sp³-hybridized carbons (Fsp3) is 0. The highest BCUT2D eigenvalue weighted by Crippen LogP contribution is 2.44. The van der Waals surface area contributed by atoms with Crippen molar-refractivity contribution in [1.29, 1.82) is 5.26 Å². The van der Waals surface area contributed by atoms with E-state index in [2.05, 4.69) is 176 Å². The summed E-state index contributed by atoms with van der Waals surface area (Å²) in [7, 11) is 0. The van der Waals surface area contributed by atoms with E-state index in [0.717, 1.165) is 44.8 Å². The quantitative estimate of drug-likeness (QED) is 0.125. The van der Waals surface area contributed by atoms with Gasteiger partial charge in [-0.3, -0.25) is 0 Å². The Kier molecular flexibility index (Phi) is 8.54. The molecule has 0 aliphatic rings. The van der Waals surface area contributed by atoms with E-state index >= 15 is 0 Å². The monoisotopic (exact) mass is 761 g/mol. The maximum absolute atomic E-state index is 9.23. The molecule has 0 atom stereocenters. The molecule has 10 aromatic carbocycles. The molecule has 0 unspecified atom stereocenters. The number of fused-ring (bicyclic) bond motifs is 5. The summed E-state index contributed by atoms with van der Waals surface area (Å²) in [5.41, 5.74) is 12.3. The zero-order chi connectivity index (χ0) is 40.0. The van der Waals surface area contributed by atoms with Crippen molar-refractivity contribution in [1.82, 2.24) is 9.97 Å². The molecule has 0 fully saturated rings. The average Bonchev–Trinajstić information content (AvgIpc) is 3.33. The van der Waals surface area contributed by atoms with Crippen LogP contribution < -0.4 is 0 Å². The third-order valence-corrected chi connectivity index (χ3v) is 11.7. The molecule has 0 radical (unpaired) electrons. The van der Waals surface area contributed by atoms with Crippen molar-refractivity contribution in [2.75, 3.05) is 0 Å². The van der Waals surface area contributed by atoms with Gasteiger partial charge in [0.15, 0.2) is 5.82 Å². The topological polar surface area (TPSA) is 49.6 Å². The maximum atomic E-state index is 9.23. The SMILES string of the molecule is N#Cc1ccc(-c2ccc(-c3cc(-c4ccc(-c5ccc(-c6c7ccccc7cc7c6ccc6ccccc67)c6ccccc56)cc4)nc(-c4ccccc4)n3)cc2)cc1. The molecule has 0 bridgehead atoms. The molecular weight excluding hydrogens is 727 g/mol. The molecule has 11 aromatic rings. The van der Waals surface area contributed by atoms with Crippen molar-refractivity contribution >= 4 is 43.1 Å². The first-order chi connectivity index (χ1) is 29.7. The Balaban J connectivity index is 0.996. The molecule has 0 aliphatic carbocycles. The lowest BCUT2D eigenvalue weighted by atomic mass is 9.86. The molecule has 3 heteroatoms. The Morgan fingerprint density at radius 3 is 1.50 bits per heavy atom. The predicted molar refractivity (Wildman–Crippen MR) is 249 cm³/mol. The van der Waals surface area contributed by atoms with Gasteiger partial charge in [-0.2, -0.15) is 5.26 Å². The Morgan fingerprint density at radius 1 is 0.317 bits per heavy atom. The second kappa shape index (κ2) is 14.6. The number of hydrogen-bond donors (Lipinski definition) is 0. The van der Waals surface area contributed by atoms with Gasteiger partial charge in [0.05, 0.1) is 23.0 Å². The van der Waals surface area contributed by atoms with Crippen molar-refractivity contribution in [2.45, 2.75) is 0 Å². The number of nitrogens with zero attached hydrogens (tertiary/aromatic N) is 3. The van der Waals surface area contributed by atoms with Gasteiger partial charge < -0.3 is 0 Å². The number of benzene rings is 10. The lowest BCUT2D eigenvalue weighted by molar-refractivity contribution is 1.18. The molecule has 1 heterocycles. The van der Waals surface area contributed by atoms with Gasteiger partial charge in [-0.25, -0.2) is 9.97 Å². The smallest absolute Gasteiger partial charge is 0.160 e. The molecule has 278 valence electrons. The number of rotatable bonds is 6. The highest BCUT2D eigenvalue weighted by atomic mass is 14.9. The summed E-state index contributed by atoms with van der Waals surface area (Å²) in [6.45, 7) is 0. The standard InChI is InChI=1S/C57H35N3/c58-36-37-18-20-38(21-19-37)39-22-26-42(27-23-39)54-35-55(60-57(59-54)44-11-2-1-3-12-44)43-28-24-41(25-29-43)47-32-33-51(50-17-9-8-16-49(47)50)56-48-15-7-5-13-45(48)34-53-46-14-6-4-10-40(46)30-31-52(53)56/h1-35H. The van der Waals surface area contributed by atoms with Gasteiger partial charge in [-0.1, -0.05) is 188 Å². The maximum Gasteiger partial charge on any atom is 0.160 e. The van der Waals surface area contributed by atoms with E-state index in [1.54, 1.807) is 0 Å². The Morgan fingerprint density at radius 2 is 0.833 bits per heavy atom. The van der Waals surface area contributed by atoms with E-state index in [1.165, 1.54) is 59.8 Å². The summed E-state index contributed by atoms with van der Waals surface area (Å²) in [6, 6.07) is 77.1. The zero-order valence-electron chi connectivity index (χ0n) is 32.5. The lowest BCUT2D eigenvalue weighted by Crippen LogP contribution is -1.96. The van der Waals surface area contributed by atoms with Gasteiger partial charge in [-0.05, 0) is 101 Å². The minimum Gasteiger partial charge on any atom is -0.228 e. The fourth-order valence-electron chi connectivity index (χ4n) is 8.73. The normalized spacial score (nSPS) is 11.3. The van der Waals surface area contributed by atoms with Crippen molar-refractivity contribution in [3.05, 3.63) is 218 Å². The van der Waals surface area contributed by atoms with Gasteiger partial charge in [-0.15, -0.1) is 0 Å². The fourth-order valence-corrected chi connectivity index (χ4v) is 8.73. The Bertz CT molecular complexity index is 3450. The van der Waals surface area contributed by atoms with Crippen LogP contribution in [0, 0.1) is 11.3 Å². The molecule has 0 aliphatic heterocycles. The summed E-state index contributed by atoms with van der Waals surface area (Å²) in [6.07, 6.45) is 0. The first-order valence-corrected chi connectivity index (χ1v) is 20.2. The van der Waals surface area contributed by atoms with Gasteiger partial charge in [0.25, 0.3) is 0 Å². The lowest BCUT2D eigenvalue weighted by Gasteiger charge is -2.17. The second-order valence-corrected chi connectivity index (χ2v) is 15.2. The molecule has 11 rings (SSSR count). The van der Waals surface area contributed by atoms with E-state index in [1.807, 2.05) is 42.5 Å². The van der Waals surface area contributed by atoms with E-state index in [4.69, 9.17) is 9.97 Å². The molecule has 0 saturated heterocycles. The second-order valence-electron chi connectivity index (χ2n) is 15.2. The molecule has 60 heavy (non-hydrogen) atoms. The van der Waals surface area contributed by atoms with Crippen LogP contribution in [0.1, 0.15) is 5.56 Å². The van der Waals surface area contributed by atoms with Crippen LogP contribution in [0.5, 0.6) is 0 Å². The first kappa shape index (κ1) is 35.0. The van der Waals surface area contributed by atoms with Gasteiger partial charge in [0.1, 0.15) is 0 Å². The molecule has 1 aromatic heterocycles. The number of nitriles is 1. The summed E-state index contributed by atoms with van der Waals surface area (Å²) in [5, 5.41) is 19.2. The van der Waals surface area contributed by atoms with Crippen molar-refractivity contribution in [3.63, 3.8) is 0 Å². The molecular formula is C57H35N3. The van der Waals surface area contributed by atoms with E-state index in [-0.39, 0.29) is 0 Å². The molecule has 0 saturated carbocycles.